The van der Waals surface area contributed by atoms with E-state index in [0.717, 1.165) is 25.9 Å². The minimum Gasteiger partial charge on any atom is -0.468 e. The number of quaternary nitrogens is 1. The van der Waals surface area contributed by atoms with Crippen molar-refractivity contribution < 1.29 is 23.6 Å². The molecule has 3 N–H and O–H groups in total. The SMILES string of the molecule is COC(=O)[C@@H]1/C(=C\[NH+]2CCCCC2)NC(=O)N[C@@H]1c1ccc(F)cc1. The normalized spacial score (nSPS) is 26.0. The number of carbonyl (C=O) groups excluding carboxylic acids is 2. The largest absolute Gasteiger partial charge is 0.468 e. The van der Waals surface area contributed by atoms with Gasteiger partial charge in [-0.3, -0.25) is 4.79 Å². The molecule has 3 rings (SSSR count). The van der Waals surface area contributed by atoms with Crippen molar-refractivity contribution in [3.05, 3.63) is 47.5 Å². The van der Waals surface area contributed by atoms with Crippen molar-refractivity contribution in [1.82, 2.24) is 10.6 Å². The number of urea groups is 1. The van der Waals surface area contributed by atoms with E-state index in [1.165, 1.54) is 30.6 Å². The van der Waals surface area contributed by atoms with Crippen LogP contribution in [0.5, 0.6) is 0 Å². The Balaban J connectivity index is 1.95. The molecule has 1 aromatic rings. The van der Waals surface area contributed by atoms with Gasteiger partial charge >= 0.3 is 12.0 Å². The van der Waals surface area contributed by atoms with Gasteiger partial charge in [-0.2, -0.15) is 0 Å². The van der Waals surface area contributed by atoms with Crippen LogP contribution in [0.2, 0.25) is 0 Å². The third-order valence-corrected chi connectivity index (χ3v) is 4.75. The lowest BCUT2D eigenvalue weighted by Crippen LogP contribution is -3.08. The number of likely N-dealkylation sites (tertiary alicyclic amines) is 1. The number of benzene rings is 1. The lowest BCUT2D eigenvalue weighted by atomic mass is 9.88. The van der Waals surface area contributed by atoms with Gasteiger partial charge in [0.1, 0.15) is 17.9 Å². The molecule has 0 spiro atoms. The smallest absolute Gasteiger partial charge is 0.319 e. The number of carbonyl (C=O) groups is 2. The quantitative estimate of drug-likeness (QED) is 0.710. The maximum atomic E-state index is 13.2. The van der Waals surface area contributed by atoms with Gasteiger partial charge in [-0.1, -0.05) is 12.1 Å². The van der Waals surface area contributed by atoms with Crippen molar-refractivity contribution in [3.8, 4) is 0 Å². The monoisotopic (exact) mass is 348 g/mol. The summed E-state index contributed by atoms with van der Waals surface area (Å²) in [5, 5.41) is 5.52. The fourth-order valence-electron chi connectivity index (χ4n) is 3.48. The van der Waals surface area contributed by atoms with E-state index in [4.69, 9.17) is 4.74 Å². The molecule has 2 aliphatic rings. The number of hydrogen-bond donors (Lipinski definition) is 3. The molecular weight excluding hydrogens is 325 g/mol. The summed E-state index contributed by atoms with van der Waals surface area (Å²) in [6.45, 7) is 1.95. The van der Waals surface area contributed by atoms with Gasteiger partial charge in [0.2, 0.25) is 0 Å². The highest BCUT2D eigenvalue weighted by atomic mass is 19.1. The Morgan fingerprint density at radius 1 is 1.24 bits per heavy atom. The van der Waals surface area contributed by atoms with Crippen LogP contribution in [0.25, 0.3) is 0 Å². The van der Waals surface area contributed by atoms with Crippen LogP contribution >= 0.6 is 0 Å². The van der Waals surface area contributed by atoms with E-state index in [1.807, 2.05) is 6.20 Å². The number of esters is 1. The van der Waals surface area contributed by atoms with Crippen molar-refractivity contribution in [1.29, 1.82) is 0 Å². The minimum atomic E-state index is -0.692. The first-order valence-electron chi connectivity index (χ1n) is 8.55. The summed E-state index contributed by atoms with van der Waals surface area (Å²) < 4.78 is 18.2. The number of nitrogens with one attached hydrogen (secondary N) is 3. The van der Waals surface area contributed by atoms with Crippen LogP contribution in [0, 0.1) is 11.7 Å². The highest BCUT2D eigenvalue weighted by molar-refractivity contribution is 5.85. The van der Waals surface area contributed by atoms with Gasteiger partial charge < -0.3 is 20.3 Å². The lowest BCUT2D eigenvalue weighted by molar-refractivity contribution is -0.852. The van der Waals surface area contributed by atoms with E-state index >= 15 is 0 Å². The standard InChI is InChI=1S/C18H22FN3O3/c1-25-17(23)15-14(11-22-9-3-2-4-10-22)20-18(24)21-16(15)12-5-7-13(19)8-6-12/h5-8,11,15-16H,2-4,9-10H2,1H3,(H2,20,21,24)/p+1/b14-11+/t15-,16-/m1/s1. The summed E-state index contributed by atoms with van der Waals surface area (Å²) in [4.78, 5) is 25.8. The Bertz CT molecular complexity index is 669. The van der Waals surface area contributed by atoms with E-state index in [0.29, 0.717) is 11.3 Å². The van der Waals surface area contributed by atoms with Crippen LogP contribution in [0.15, 0.2) is 36.2 Å². The summed E-state index contributed by atoms with van der Waals surface area (Å²) in [5.74, 6) is -1.50. The molecule has 7 heteroatoms. The number of ether oxygens (including phenoxy) is 1. The molecule has 2 saturated heterocycles. The van der Waals surface area contributed by atoms with Crippen LogP contribution in [0.3, 0.4) is 0 Å². The molecule has 2 aliphatic heterocycles. The molecule has 0 aromatic heterocycles. The van der Waals surface area contributed by atoms with E-state index in [1.54, 1.807) is 12.1 Å². The summed E-state index contributed by atoms with van der Waals surface area (Å²) in [5.41, 5.74) is 1.20. The van der Waals surface area contributed by atoms with Crippen LogP contribution in [-0.4, -0.2) is 32.2 Å². The maximum absolute atomic E-state index is 13.2. The zero-order chi connectivity index (χ0) is 17.8. The van der Waals surface area contributed by atoms with Gasteiger partial charge in [-0.15, -0.1) is 0 Å². The molecule has 25 heavy (non-hydrogen) atoms. The number of amides is 2. The molecule has 6 nitrogen and oxygen atoms in total. The second-order valence-corrected chi connectivity index (χ2v) is 6.45. The van der Waals surface area contributed by atoms with Gasteiger partial charge in [0.15, 0.2) is 0 Å². The number of halogens is 1. The van der Waals surface area contributed by atoms with Crippen LogP contribution in [0.4, 0.5) is 9.18 Å². The number of hydrogen-bond acceptors (Lipinski definition) is 3. The molecule has 1 aromatic carbocycles. The average molecular weight is 348 g/mol. The first kappa shape index (κ1) is 17.4. The number of piperidine rings is 1. The van der Waals surface area contributed by atoms with Gasteiger partial charge in [-0.05, 0) is 37.0 Å². The number of rotatable bonds is 3. The maximum Gasteiger partial charge on any atom is 0.319 e. The summed E-state index contributed by atoms with van der Waals surface area (Å²) >= 11 is 0. The van der Waals surface area contributed by atoms with Crippen molar-refractivity contribution in [2.45, 2.75) is 25.3 Å². The van der Waals surface area contributed by atoms with E-state index in [9.17, 15) is 14.0 Å². The molecular formula is C18H23FN3O3+. The molecule has 2 heterocycles. The van der Waals surface area contributed by atoms with Crippen molar-refractivity contribution >= 4 is 12.0 Å². The zero-order valence-electron chi connectivity index (χ0n) is 14.2. The van der Waals surface area contributed by atoms with Gasteiger partial charge in [0, 0.05) is 0 Å². The van der Waals surface area contributed by atoms with Gasteiger partial charge in [0.05, 0.1) is 31.9 Å². The first-order valence-corrected chi connectivity index (χ1v) is 8.55. The zero-order valence-corrected chi connectivity index (χ0v) is 14.2. The highest BCUT2D eigenvalue weighted by Gasteiger charge is 2.40. The second kappa shape index (κ2) is 7.65. The fraction of sp³-hybridized carbons (Fsp3) is 0.444. The molecule has 0 radical (unpaired) electrons. The molecule has 0 aliphatic carbocycles. The fourth-order valence-corrected chi connectivity index (χ4v) is 3.48. The highest BCUT2D eigenvalue weighted by Crippen LogP contribution is 2.30. The molecule has 0 saturated carbocycles. The molecule has 0 unspecified atom stereocenters. The summed E-state index contributed by atoms with van der Waals surface area (Å²) in [7, 11) is 1.33. The van der Waals surface area contributed by atoms with Crippen LogP contribution < -0.4 is 15.5 Å². The summed E-state index contributed by atoms with van der Waals surface area (Å²) in [6.07, 6.45) is 5.38. The Morgan fingerprint density at radius 3 is 2.56 bits per heavy atom. The minimum absolute atomic E-state index is 0.368. The molecule has 0 bridgehead atoms. The summed E-state index contributed by atoms with van der Waals surface area (Å²) in [6, 6.07) is 4.81. The Labute approximate surface area is 146 Å². The average Bonchev–Trinajstić information content (AvgIpc) is 2.62. The van der Waals surface area contributed by atoms with Crippen molar-refractivity contribution in [2.24, 2.45) is 5.92 Å². The van der Waals surface area contributed by atoms with E-state index in [2.05, 4.69) is 10.6 Å². The van der Waals surface area contributed by atoms with E-state index < -0.39 is 17.9 Å². The molecule has 2 atom stereocenters. The first-order chi connectivity index (χ1) is 12.1. The third kappa shape index (κ3) is 3.99. The predicted octanol–water partition coefficient (Wildman–Crippen LogP) is 0.879. The van der Waals surface area contributed by atoms with Crippen molar-refractivity contribution in [2.75, 3.05) is 20.2 Å². The molecule has 134 valence electrons. The van der Waals surface area contributed by atoms with Gasteiger partial charge in [-0.25, -0.2) is 9.18 Å². The molecule has 2 amide bonds. The second-order valence-electron chi connectivity index (χ2n) is 6.45. The number of methoxy groups -OCH3 is 1. The Kier molecular flexibility index (Phi) is 5.33. The predicted molar refractivity (Wildman–Crippen MR) is 88.9 cm³/mol. The molecule has 2 fully saturated rings. The Hall–Kier alpha value is -2.41. The topological polar surface area (TPSA) is 71.9 Å². The lowest BCUT2D eigenvalue weighted by Gasteiger charge is -2.33. The van der Waals surface area contributed by atoms with Crippen LogP contribution in [-0.2, 0) is 9.53 Å². The van der Waals surface area contributed by atoms with Gasteiger partial charge in [0.25, 0.3) is 0 Å². The van der Waals surface area contributed by atoms with Crippen LogP contribution in [0.1, 0.15) is 30.9 Å². The Morgan fingerprint density at radius 2 is 1.92 bits per heavy atom. The van der Waals surface area contributed by atoms with Crippen molar-refractivity contribution in [3.63, 3.8) is 0 Å². The van der Waals surface area contributed by atoms with E-state index in [-0.39, 0.29) is 11.8 Å². The third-order valence-electron chi connectivity index (χ3n) is 4.75.